The Labute approximate surface area is 177 Å². The van der Waals surface area contributed by atoms with E-state index in [0.717, 1.165) is 10.6 Å². The number of nitrogens with one attached hydrogen (secondary N) is 3. The number of carbonyl (C=O) groups excluding carboxylic acids is 3. The van der Waals surface area contributed by atoms with Crippen molar-refractivity contribution in [1.82, 2.24) is 20.8 Å². The molecule has 2 amide bonds. The fraction of sp³-hybridized carbons (Fsp3) is 0.238. The van der Waals surface area contributed by atoms with Crippen LogP contribution in [0, 0.1) is 13.8 Å². The van der Waals surface area contributed by atoms with Crippen LogP contribution in [0.5, 0.6) is 0 Å². The fourth-order valence-corrected chi connectivity index (χ4v) is 4.04. The molecule has 0 radical (unpaired) electrons. The lowest BCUT2D eigenvalue weighted by atomic mass is 10.1. The van der Waals surface area contributed by atoms with Gasteiger partial charge in [0, 0.05) is 11.3 Å². The van der Waals surface area contributed by atoms with Crippen molar-refractivity contribution in [1.29, 1.82) is 0 Å². The average Bonchev–Trinajstić information content (AvgIpc) is 3.31. The summed E-state index contributed by atoms with van der Waals surface area (Å²) in [6, 6.07) is 9.54. The quantitative estimate of drug-likeness (QED) is 0.428. The molecule has 9 heteroatoms. The third-order valence-electron chi connectivity index (χ3n) is 4.61. The summed E-state index contributed by atoms with van der Waals surface area (Å²) >= 11 is 1.24. The minimum atomic E-state index is -0.559. The van der Waals surface area contributed by atoms with Gasteiger partial charge < -0.3 is 9.72 Å². The van der Waals surface area contributed by atoms with Gasteiger partial charge in [-0.15, -0.1) is 11.3 Å². The van der Waals surface area contributed by atoms with E-state index in [1.54, 1.807) is 13.8 Å². The summed E-state index contributed by atoms with van der Waals surface area (Å²) in [5.41, 5.74) is 7.89. The Hall–Kier alpha value is -3.46. The van der Waals surface area contributed by atoms with Gasteiger partial charge in [-0.25, -0.2) is 9.78 Å². The smallest absolute Gasteiger partial charge is 0.339 e. The van der Waals surface area contributed by atoms with Gasteiger partial charge in [0.15, 0.2) is 0 Å². The van der Waals surface area contributed by atoms with Gasteiger partial charge in [0.1, 0.15) is 15.6 Å². The van der Waals surface area contributed by atoms with Gasteiger partial charge in [0.05, 0.1) is 18.4 Å². The number of benzene rings is 1. The number of carbonyl (C=O) groups is 3. The number of hydrogen-bond acceptors (Lipinski definition) is 6. The van der Waals surface area contributed by atoms with E-state index in [0.29, 0.717) is 33.8 Å². The van der Waals surface area contributed by atoms with E-state index in [2.05, 4.69) is 20.8 Å². The van der Waals surface area contributed by atoms with E-state index in [-0.39, 0.29) is 5.69 Å². The van der Waals surface area contributed by atoms with Crippen molar-refractivity contribution in [3.63, 3.8) is 0 Å². The number of thiazole rings is 1. The van der Waals surface area contributed by atoms with Gasteiger partial charge >= 0.3 is 5.97 Å². The van der Waals surface area contributed by atoms with E-state index >= 15 is 0 Å². The molecule has 0 spiro atoms. The molecule has 0 saturated carbocycles. The molecule has 0 aliphatic rings. The highest BCUT2D eigenvalue weighted by Gasteiger charge is 2.24. The molecule has 3 aromatic rings. The van der Waals surface area contributed by atoms with Gasteiger partial charge in [0.25, 0.3) is 11.8 Å². The van der Waals surface area contributed by atoms with E-state index < -0.39 is 17.8 Å². The average molecular weight is 426 g/mol. The fourth-order valence-electron chi connectivity index (χ4n) is 3.07. The van der Waals surface area contributed by atoms with Crippen LogP contribution in [0.3, 0.4) is 0 Å². The molecule has 0 aliphatic heterocycles. The van der Waals surface area contributed by atoms with Crippen LogP contribution in [0.15, 0.2) is 30.3 Å². The maximum absolute atomic E-state index is 12.6. The van der Waals surface area contributed by atoms with Crippen LogP contribution in [0.2, 0.25) is 0 Å². The predicted molar refractivity (Wildman–Crippen MR) is 113 cm³/mol. The maximum Gasteiger partial charge on any atom is 0.339 e. The van der Waals surface area contributed by atoms with Crippen LogP contribution in [0.25, 0.3) is 10.6 Å². The van der Waals surface area contributed by atoms with Crippen LogP contribution in [-0.4, -0.2) is 34.9 Å². The molecule has 0 atom stereocenters. The predicted octanol–water partition coefficient (Wildman–Crippen LogP) is 3.18. The molecule has 30 heavy (non-hydrogen) atoms. The Morgan fingerprint density at radius 3 is 2.40 bits per heavy atom. The number of aromatic nitrogens is 2. The van der Waals surface area contributed by atoms with E-state index in [9.17, 15) is 14.4 Å². The molecule has 156 valence electrons. The summed E-state index contributed by atoms with van der Waals surface area (Å²) in [6.07, 6.45) is 0.521. The number of ether oxygens (including phenoxy) is 1. The van der Waals surface area contributed by atoms with E-state index in [1.165, 1.54) is 18.4 Å². The lowest BCUT2D eigenvalue weighted by Crippen LogP contribution is -2.42. The zero-order valence-electron chi connectivity index (χ0n) is 17.1. The Morgan fingerprint density at radius 2 is 1.77 bits per heavy atom. The highest BCUT2D eigenvalue weighted by molar-refractivity contribution is 7.17. The number of aryl methyl sites for hydroxylation is 2. The van der Waals surface area contributed by atoms with Crippen LogP contribution in [0.4, 0.5) is 0 Å². The Bertz CT molecular complexity index is 1100. The largest absolute Gasteiger partial charge is 0.465 e. The molecular formula is C21H22N4O4S. The molecule has 0 bridgehead atoms. The van der Waals surface area contributed by atoms with Crippen LogP contribution in [0.1, 0.15) is 54.4 Å². The Morgan fingerprint density at radius 1 is 1.10 bits per heavy atom. The summed E-state index contributed by atoms with van der Waals surface area (Å²) in [5.74, 6) is -1.54. The number of hydrazine groups is 1. The van der Waals surface area contributed by atoms with Crippen molar-refractivity contribution in [2.24, 2.45) is 0 Å². The highest BCUT2D eigenvalue weighted by Crippen LogP contribution is 2.27. The van der Waals surface area contributed by atoms with Crippen molar-refractivity contribution in [2.75, 3.05) is 7.11 Å². The number of amides is 2. The Balaban J connectivity index is 1.74. The summed E-state index contributed by atoms with van der Waals surface area (Å²) in [5, 5.41) is 0.722. The van der Waals surface area contributed by atoms with Crippen LogP contribution in [-0.2, 0) is 11.2 Å². The van der Waals surface area contributed by atoms with Crippen LogP contribution < -0.4 is 10.9 Å². The second-order valence-electron chi connectivity index (χ2n) is 6.53. The monoisotopic (exact) mass is 426 g/mol. The SMILES string of the molecule is CCc1[nH]c(C(=O)NNC(=O)c2sc(-c3ccccc3)nc2C)c(C)c1C(=O)OC. The first kappa shape index (κ1) is 21.3. The molecule has 0 fully saturated rings. The summed E-state index contributed by atoms with van der Waals surface area (Å²) in [6.45, 7) is 5.25. The zero-order valence-corrected chi connectivity index (χ0v) is 17.9. The first-order valence-electron chi connectivity index (χ1n) is 9.30. The number of aromatic amines is 1. The molecular weight excluding hydrogens is 404 g/mol. The van der Waals surface area contributed by atoms with Gasteiger partial charge in [-0.3, -0.25) is 20.4 Å². The summed E-state index contributed by atoms with van der Waals surface area (Å²) in [7, 11) is 1.29. The van der Waals surface area contributed by atoms with Gasteiger partial charge in [-0.05, 0) is 25.8 Å². The number of H-pyrrole nitrogens is 1. The van der Waals surface area contributed by atoms with Crippen molar-refractivity contribution in [3.8, 4) is 10.6 Å². The topological polar surface area (TPSA) is 113 Å². The lowest BCUT2D eigenvalue weighted by molar-refractivity contribution is 0.0598. The molecule has 0 unspecified atom stereocenters. The summed E-state index contributed by atoms with van der Waals surface area (Å²) < 4.78 is 4.79. The Kier molecular flexibility index (Phi) is 6.31. The van der Waals surface area contributed by atoms with E-state index in [4.69, 9.17) is 4.74 Å². The number of nitrogens with zero attached hydrogens (tertiary/aromatic N) is 1. The first-order valence-corrected chi connectivity index (χ1v) is 10.1. The van der Waals surface area contributed by atoms with E-state index in [1.807, 2.05) is 37.3 Å². The maximum atomic E-state index is 12.6. The molecule has 0 aliphatic carbocycles. The van der Waals surface area contributed by atoms with Gasteiger partial charge in [0.2, 0.25) is 0 Å². The van der Waals surface area contributed by atoms with Crippen molar-refractivity contribution < 1.29 is 19.1 Å². The number of methoxy groups -OCH3 is 1. The van der Waals surface area contributed by atoms with Crippen molar-refractivity contribution >= 4 is 29.1 Å². The van der Waals surface area contributed by atoms with Crippen molar-refractivity contribution in [3.05, 3.63) is 63.4 Å². The molecule has 0 saturated heterocycles. The molecule has 3 N–H and O–H groups in total. The first-order chi connectivity index (χ1) is 14.4. The van der Waals surface area contributed by atoms with Gasteiger partial charge in [-0.1, -0.05) is 37.3 Å². The highest BCUT2D eigenvalue weighted by atomic mass is 32.1. The number of rotatable bonds is 5. The molecule has 1 aromatic carbocycles. The summed E-state index contributed by atoms with van der Waals surface area (Å²) in [4.78, 5) is 45.0. The molecule has 3 rings (SSSR count). The standard InChI is InChI=1S/C21H22N4O4S/c1-5-14-15(21(28)29-4)11(2)16(23-14)18(26)24-25-19(27)17-12(3)22-20(30-17)13-9-7-6-8-10-13/h6-10,23H,5H2,1-4H3,(H,24,26)(H,25,27). The zero-order chi connectivity index (χ0) is 21.8. The molecule has 2 aromatic heterocycles. The number of esters is 1. The normalized spacial score (nSPS) is 10.5. The third-order valence-corrected chi connectivity index (χ3v) is 5.82. The van der Waals surface area contributed by atoms with Crippen molar-refractivity contribution in [2.45, 2.75) is 27.2 Å². The second-order valence-corrected chi connectivity index (χ2v) is 7.53. The van der Waals surface area contributed by atoms with Gasteiger partial charge in [-0.2, -0.15) is 0 Å². The second kappa shape index (κ2) is 8.91. The third kappa shape index (κ3) is 4.11. The minimum Gasteiger partial charge on any atom is -0.465 e. The van der Waals surface area contributed by atoms with Crippen LogP contribution >= 0.6 is 11.3 Å². The molecule has 2 heterocycles. The lowest BCUT2D eigenvalue weighted by Gasteiger charge is -2.06. The number of hydrogen-bond donors (Lipinski definition) is 3. The minimum absolute atomic E-state index is 0.193. The molecule has 8 nitrogen and oxygen atoms in total.